The Morgan fingerprint density at radius 1 is 1.40 bits per heavy atom. The van der Waals surface area contributed by atoms with Crippen molar-refractivity contribution in [1.82, 2.24) is 15.1 Å². The number of carboxylic acids is 1. The standard InChI is InChI=1S/C14H27N3O3/c1-4-12-10-17(9-8-16(12)3)14(20)15-11(2)6-5-7-13(18)19/h11-12H,4-10H2,1-3H3,(H,15,20)(H,18,19). The average molecular weight is 285 g/mol. The van der Waals surface area contributed by atoms with E-state index in [0.717, 1.165) is 26.1 Å². The fraction of sp³-hybridized carbons (Fsp3) is 0.857. The molecule has 1 aliphatic heterocycles. The van der Waals surface area contributed by atoms with Gasteiger partial charge >= 0.3 is 12.0 Å². The Morgan fingerprint density at radius 3 is 2.70 bits per heavy atom. The highest BCUT2D eigenvalue weighted by atomic mass is 16.4. The molecule has 0 aromatic heterocycles. The van der Waals surface area contributed by atoms with Crippen LogP contribution in [0.15, 0.2) is 0 Å². The first-order valence-electron chi connectivity index (χ1n) is 7.41. The van der Waals surface area contributed by atoms with E-state index < -0.39 is 5.97 Å². The minimum atomic E-state index is -0.784. The zero-order valence-corrected chi connectivity index (χ0v) is 12.8. The van der Waals surface area contributed by atoms with Gasteiger partial charge in [0.15, 0.2) is 0 Å². The molecule has 116 valence electrons. The number of nitrogens with zero attached hydrogens (tertiary/aromatic N) is 2. The van der Waals surface area contributed by atoms with Crippen molar-refractivity contribution in [3.63, 3.8) is 0 Å². The molecule has 0 spiro atoms. The quantitative estimate of drug-likeness (QED) is 0.773. The lowest BCUT2D eigenvalue weighted by atomic mass is 10.1. The van der Waals surface area contributed by atoms with Crippen LogP contribution >= 0.6 is 0 Å². The van der Waals surface area contributed by atoms with Gasteiger partial charge in [0, 0.05) is 38.1 Å². The SMILES string of the molecule is CCC1CN(C(=O)NC(C)CCCC(=O)O)CCN1C. The van der Waals surface area contributed by atoms with Crippen molar-refractivity contribution in [2.75, 3.05) is 26.7 Å². The molecular weight excluding hydrogens is 258 g/mol. The third-order valence-electron chi connectivity index (χ3n) is 3.93. The maximum Gasteiger partial charge on any atom is 0.317 e. The first kappa shape index (κ1) is 16.8. The second-order valence-electron chi connectivity index (χ2n) is 5.63. The van der Waals surface area contributed by atoms with Gasteiger partial charge in [-0.2, -0.15) is 0 Å². The van der Waals surface area contributed by atoms with Gasteiger partial charge in [-0.25, -0.2) is 4.79 Å². The first-order chi connectivity index (χ1) is 9.43. The van der Waals surface area contributed by atoms with Crippen LogP contribution in [-0.2, 0) is 4.79 Å². The molecule has 6 nitrogen and oxygen atoms in total. The molecule has 2 N–H and O–H groups in total. The van der Waals surface area contributed by atoms with Gasteiger partial charge < -0.3 is 15.3 Å². The van der Waals surface area contributed by atoms with Gasteiger partial charge in [0.2, 0.25) is 0 Å². The topological polar surface area (TPSA) is 72.9 Å². The van der Waals surface area contributed by atoms with Gasteiger partial charge in [0.1, 0.15) is 0 Å². The van der Waals surface area contributed by atoms with E-state index in [-0.39, 0.29) is 18.5 Å². The van der Waals surface area contributed by atoms with Crippen LogP contribution in [0.5, 0.6) is 0 Å². The number of carbonyl (C=O) groups excluding carboxylic acids is 1. The molecule has 1 heterocycles. The number of hydrogen-bond acceptors (Lipinski definition) is 3. The summed E-state index contributed by atoms with van der Waals surface area (Å²) in [5.41, 5.74) is 0. The van der Waals surface area contributed by atoms with E-state index in [4.69, 9.17) is 5.11 Å². The highest BCUT2D eigenvalue weighted by molar-refractivity contribution is 5.74. The van der Waals surface area contributed by atoms with E-state index in [0.29, 0.717) is 18.9 Å². The molecule has 6 heteroatoms. The average Bonchev–Trinajstić information content (AvgIpc) is 2.38. The summed E-state index contributed by atoms with van der Waals surface area (Å²) in [5.74, 6) is -0.784. The molecule has 0 aliphatic carbocycles. The number of carbonyl (C=O) groups is 2. The summed E-state index contributed by atoms with van der Waals surface area (Å²) in [6.07, 6.45) is 2.49. The Morgan fingerprint density at radius 2 is 2.10 bits per heavy atom. The van der Waals surface area contributed by atoms with Crippen LogP contribution in [0.4, 0.5) is 4.79 Å². The van der Waals surface area contributed by atoms with Crippen LogP contribution in [0.25, 0.3) is 0 Å². The van der Waals surface area contributed by atoms with Gasteiger partial charge in [-0.1, -0.05) is 6.92 Å². The van der Waals surface area contributed by atoms with Gasteiger partial charge in [0.05, 0.1) is 0 Å². The molecule has 1 aliphatic rings. The van der Waals surface area contributed by atoms with Gasteiger partial charge in [0.25, 0.3) is 0 Å². The smallest absolute Gasteiger partial charge is 0.317 e. The molecule has 2 unspecified atom stereocenters. The monoisotopic (exact) mass is 285 g/mol. The number of rotatable bonds is 6. The summed E-state index contributed by atoms with van der Waals surface area (Å²) < 4.78 is 0. The number of likely N-dealkylation sites (N-methyl/N-ethyl adjacent to an activating group) is 1. The minimum absolute atomic E-state index is 0.0154. The fourth-order valence-corrected chi connectivity index (χ4v) is 2.51. The molecule has 2 atom stereocenters. The van der Waals surface area contributed by atoms with Gasteiger partial charge in [-0.3, -0.25) is 9.69 Å². The summed E-state index contributed by atoms with van der Waals surface area (Å²) in [6.45, 7) is 6.48. The Balaban J connectivity index is 2.32. The van der Waals surface area contributed by atoms with Crippen molar-refractivity contribution >= 4 is 12.0 Å². The van der Waals surface area contributed by atoms with Crippen molar-refractivity contribution in [3.8, 4) is 0 Å². The zero-order valence-electron chi connectivity index (χ0n) is 12.8. The van der Waals surface area contributed by atoms with E-state index in [1.165, 1.54) is 0 Å². The lowest BCUT2D eigenvalue weighted by Gasteiger charge is -2.39. The predicted octanol–water partition coefficient (Wildman–Crippen LogP) is 1.37. The summed E-state index contributed by atoms with van der Waals surface area (Å²) in [4.78, 5) is 26.8. The third-order valence-corrected chi connectivity index (χ3v) is 3.93. The molecule has 0 bridgehead atoms. The number of urea groups is 1. The predicted molar refractivity (Wildman–Crippen MR) is 77.8 cm³/mol. The fourth-order valence-electron chi connectivity index (χ4n) is 2.51. The summed E-state index contributed by atoms with van der Waals surface area (Å²) in [6, 6.07) is 0.415. The highest BCUT2D eigenvalue weighted by Crippen LogP contribution is 2.11. The van der Waals surface area contributed by atoms with Gasteiger partial charge in [-0.05, 0) is 33.2 Å². The van der Waals surface area contributed by atoms with E-state index in [9.17, 15) is 9.59 Å². The maximum absolute atomic E-state index is 12.2. The minimum Gasteiger partial charge on any atom is -0.481 e. The van der Waals surface area contributed by atoms with Crippen LogP contribution in [0.2, 0.25) is 0 Å². The maximum atomic E-state index is 12.2. The highest BCUT2D eigenvalue weighted by Gasteiger charge is 2.26. The van der Waals surface area contributed by atoms with Crippen LogP contribution < -0.4 is 5.32 Å². The van der Waals surface area contributed by atoms with E-state index in [1.807, 2.05) is 11.8 Å². The van der Waals surface area contributed by atoms with Crippen molar-refractivity contribution in [1.29, 1.82) is 0 Å². The van der Waals surface area contributed by atoms with E-state index in [2.05, 4.69) is 24.2 Å². The Hall–Kier alpha value is -1.30. The molecule has 0 saturated carbocycles. The molecule has 20 heavy (non-hydrogen) atoms. The number of hydrogen-bond donors (Lipinski definition) is 2. The normalized spacial score (nSPS) is 21.6. The number of nitrogens with one attached hydrogen (secondary N) is 1. The molecule has 0 aromatic carbocycles. The molecule has 1 fully saturated rings. The van der Waals surface area contributed by atoms with Crippen LogP contribution in [0, 0.1) is 0 Å². The summed E-state index contributed by atoms with van der Waals surface area (Å²) in [5, 5.41) is 11.6. The Kier molecular flexibility index (Phi) is 6.78. The first-order valence-corrected chi connectivity index (χ1v) is 7.41. The molecule has 2 amide bonds. The summed E-state index contributed by atoms with van der Waals surface area (Å²) in [7, 11) is 2.10. The molecule has 1 rings (SSSR count). The van der Waals surface area contributed by atoms with Crippen molar-refractivity contribution in [2.24, 2.45) is 0 Å². The third kappa shape index (κ3) is 5.36. The number of amides is 2. The van der Waals surface area contributed by atoms with Crippen molar-refractivity contribution < 1.29 is 14.7 Å². The lowest BCUT2D eigenvalue weighted by molar-refractivity contribution is -0.137. The van der Waals surface area contributed by atoms with Crippen LogP contribution in [-0.4, -0.2) is 65.7 Å². The second kappa shape index (κ2) is 8.09. The molecule has 1 saturated heterocycles. The number of carboxylic acid groups (broad SMARTS) is 1. The Bertz CT molecular complexity index is 336. The van der Waals surface area contributed by atoms with E-state index >= 15 is 0 Å². The largest absolute Gasteiger partial charge is 0.481 e. The van der Waals surface area contributed by atoms with Crippen LogP contribution in [0.3, 0.4) is 0 Å². The second-order valence-corrected chi connectivity index (χ2v) is 5.63. The van der Waals surface area contributed by atoms with Crippen LogP contribution in [0.1, 0.15) is 39.5 Å². The van der Waals surface area contributed by atoms with Crippen molar-refractivity contribution in [3.05, 3.63) is 0 Å². The Labute approximate surface area is 121 Å². The van der Waals surface area contributed by atoms with Gasteiger partial charge in [-0.15, -0.1) is 0 Å². The molecular formula is C14H27N3O3. The molecule has 0 radical (unpaired) electrons. The zero-order chi connectivity index (χ0) is 15.1. The lowest BCUT2D eigenvalue weighted by Crippen LogP contribution is -2.56. The van der Waals surface area contributed by atoms with Crippen molar-refractivity contribution in [2.45, 2.75) is 51.6 Å². The molecule has 0 aromatic rings. The summed E-state index contributed by atoms with van der Waals surface area (Å²) >= 11 is 0. The number of aliphatic carboxylic acids is 1. The van der Waals surface area contributed by atoms with E-state index in [1.54, 1.807) is 0 Å². The number of piperazine rings is 1.